The molecule has 0 aromatic heterocycles. The van der Waals surface area contributed by atoms with Crippen molar-refractivity contribution >= 4 is 11.6 Å². The average molecular weight is 313 g/mol. The number of nitrogens with zero attached hydrogens (tertiary/aromatic N) is 1. The topological polar surface area (TPSA) is 47.7 Å². The number of rotatable bonds is 6. The van der Waals surface area contributed by atoms with Crippen molar-refractivity contribution in [3.8, 4) is 11.5 Å². The largest absolute Gasteiger partial charge is 0.454 e. The highest BCUT2D eigenvalue weighted by Gasteiger charge is 2.26. The van der Waals surface area contributed by atoms with Gasteiger partial charge in [0.05, 0.1) is 5.02 Å². The molecule has 0 spiro atoms. The summed E-state index contributed by atoms with van der Waals surface area (Å²) in [5.41, 5.74) is 7.14. The zero-order valence-corrected chi connectivity index (χ0v) is 14.0. The van der Waals surface area contributed by atoms with E-state index in [-0.39, 0.29) is 12.8 Å². The van der Waals surface area contributed by atoms with E-state index in [4.69, 9.17) is 26.8 Å². The van der Waals surface area contributed by atoms with Crippen molar-refractivity contribution in [2.24, 2.45) is 11.7 Å². The molecule has 2 N–H and O–H groups in total. The van der Waals surface area contributed by atoms with Gasteiger partial charge in [-0.05, 0) is 37.5 Å². The minimum Gasteiger partial charge on any atom is -0.454 e. The molecule has 0 aliphatic carbocycles. The van der Waals surface area contributed by atoms with Gasteiger partial charge in [-0.15, -0.1) is 0 Å². The summed E-state index contributed by atoms with van der Waals surface area (Å²) in [5.74, 6) is 1.92. The Morgan fingerprint density at radius 2 is 1.95 bits per heavy atom. The quantitative estimate of drug-likeness (QED) is 0.874. The molecule has 0 saturated heterocycles. The molecule has 1 unspecified atom stereocenters. The first-order valence-electron chi connectivity index (χ1n) is 7.48. The SMILES string of the molecule is CC(C)CN(C(C)C)C(CN)c1cc(Cl)c2c(c1)OCO2. The number of benzene rings is 1. The Kier molecular flexibility index (Phi) is 5.36. The van der Waals surface area contributed by atoms with Crippen LogP contribution in [-0.2, 0) is 0 Å². The second kappa shape index (κ2) is 6.86. The lowest BCUT2D eigenvalue weighted by Gasteiger charge is -2.36. The third-order valence-corrected chi connectivity index (χ3v) is 3.98. The van der Waals surface area contributed by atoms with Crippen molar-refractivity contribution in [3.63, 3.8) is 0 Å². The summed E-state index contributed by atoms with van der Waals surface area (Å²) in [7, 11) is 0. The molecule has 1 heterocycles. The minimum absolute atomic E-state index is 0.124. The summed E-state index contributed by atoms with van der Waals surface area (Å²) in [5, 5.41) is 0.590. The van der Waals surface area contributed by atoms with Crippen molar-refractivity contribution in [3.05, 3.63) is 22.7 Å². The van der Waals surface area contributed by atoms with E-state index >= 15 is 0 Å². The summed E-state index contributed by atoms with van der Waals surface area (Å²) < 4.78 is 10.8. The average Bonchev–Trinajstić information content (AvgIpc) is 2.86. The number of nitrogens with two attached hydrogens (primary N) is 1. The zero-order valence-electron chi connectivity index (χ0n) is 13.2. The molecule has 118 valence electrons. The maximum atomic E-state index is 6.30. The molecule has 5 heteroatoms. The molecule has 1 aliphatic rings. The molecule has 0 bridgehead atoms. The smallest absolute Gasteiger partial charge is 0.231 e. The van der Waals surface area contributed by atoms with Gasteiger partial charge in [0.2, 0.25) is 6.79 Å². The fraction of sp³-hybridized carbons (Fsp3) is 0.625. The van der Waals surface area contributed by atoms with E-state index in [0.29, 0.717) is 35.0 Å². The highest BCUT2D eigenvalue weighted by atomic mass is 35.5. The fourth-order valence-corrected chi connectivity index (χ4v) is 3.04. The van der Waals surface area contributed by atoms with Crippen LogP contribution in [0.25, 0.3) is 0 Å². The van der Waals surface area contributed by atoms with Crippen molar-refractivity contribution in [2.45, 2.75) is 39.8 Å². The van der Waals surface area contributed by atoms with E-state index in [9.17, 15) is 0 Å². The van der Waals surface area contributed by atoms with Crippen LogP contribution in [0.15, 0.2) is 12.1 Å². The summed E-state index contributed by atoms with van der Waals surface area (Å²) >= 11 is 6.30. The van der Waals surface area contributed by atoms with Gasteiger partial charge < -0.3 is 15.2 Å². The van der Waals surface area contributed by atoms with Crippen molar-refractivity contribution in [2.75, 3.05) is 19.9 Å². The number of fused-ring (bicyclic) bond motifs is 1. The van der Waals surface area contributed by atoms with Crippen LogP contribution in [-0.4, -0.2) is 30.8 Å². The first-order valence-corrected chi connectivity index (χ1v) is 7.86. The maximum absolute atomic E-state index is 6.30. The summed E-state index contributed by atoms with van der Waals surface area (Å²) in [6, 6.07) is 4.48. The predicted octanol–water partition coefficient (Wildman–Crippen LogP) is 3.43. The van der Waals surface area contributed by atoms with Gasteiger partial charge in [-0.3, -0.25) is 4.90 Å². The minimum atomic E-state index is 0.124. The van der Waals surface area contributed by atoms with Crippen LogP contribution in [0.2, 0.25) is 5.02 Å². The van der Waals surface area contributed by atoms with E-state index in [1.807, 2.05) is 12.1 Å². The zero-order chi connectivity index (χ0) is 15.6. The fourth-order valence-electron chi connectivity index (χ4n) is 2.76. The lowest BCUT2D eigenvalue weighted by Crippen LogP contribution is -2.40. The lowest BCUT2D eigenvalue weighted by molar-refractivity contribution is 0.138. The molecule has 0 saturated carbocycles. The third kappa shape index (κ3) is 3.62. The van der Waals surface area contributed by atoms with Gasteiger partial charge in [0.25, 0.3) is 0 Å². The van der Waals surface area contributed by atoms with E-state index in [1.165, 1.54) is 0 Å². The van der Waals surface area contributed by atoms with Crippen LogP contribution >= 0.6 is 11.6 Å². The van der Waals surface area contributed by atoms with Gasteiger partial charge >= 0.3 is 0 Å². The van der Waals surface area contributed by atoms with Crippen LogP contribution in [0, 0.1) is 5.92 Å². The van der Waals surface area contributed by atoms with Crippen LogP contribution in [0.5, 0.6) is 11.5 Å². The Bertz CT molecular complexity index is 491. The molecule has 1 aromatic carbocycles. The van der Waals surface area contributed by atoms with Gasteiger partial charge in [0.1, 0.15) is 0 Å². The molecule has 0 fully saturated rings. The Balaban J connectivity index is 2.33. The van der Waals surface area contributed by atoms with Gasteiger partial charge in [0.15, 0.2) is 11.5 Å². The van der Waals surface area contributed by atoms with Crippen LogP contribution in [0.3, 0.4) is 0 Å². The first-order chi connectivity index (χ1) is 9.93. The van der Waals surface area contributed by atoms with Gasteiger partial charge in [0, 0.05) is 25.2 Å². The van der Waals surface area contributed by atoms with Crippen molar-refractivity contribution < 1.29 is 9.47 Å². The second-order valence-electron chi connectivity index (χ2n) is 6.17. The first kappa shape index (κ1) is 16.4. The van der Waals surface area contributed by atoms with Crippen molar-refractivity contribution in [1.29, 1.82) is 0 Å². The highest BCUT2D eigenvalue weighted by Crippen LogP contribution is 2.42. The molecule has 4 nitrogen and oxygen atoms in total. The maximum Gasteiger partial charge on any atom is 0.231 e. The standard InChI is InChI=1S/C16H25ClN2O2/c1-10(2)8-19(11(3)4)14(7-18)12-5-13(17)16-15(6-12)20-9-21-16/h5-6,10-11,14H,7-9,18H2,1-4H3. The molecule has 2 rings (SSSR count). The normalized spacial score (nSPS) is 15.3. The number of halogens is 1. The van der Waals surface area contributed by atoms with Gasteiger partial charge in [-0.2, -0.15) is 0 Å². The van der Waals surface area contributed by atoms with E-state index in [2.05, 4.69) is 32.6 Å². The van der Waals surface area contributed by atoms with Crippen LogP contribution in [0.4, 0.5) is 0 Å². The van der Waals surface area contributed by atoms with Gasteiger partial charge in [-0.25, -0.2) is 0 Å². The summed E-state index contributed by atoms with van der Waals surface area (Å²) in [4.78, 5) is 2.42. The molecule has 21 heavy (non-hydrogen) atoms. The predicted molar refractivity (Wildman–Crippen MR) is 86.1 cm³/mol. The molecule has 0 radical (unpaired) electrons. The Morgan fingerprint density at radius 1 is 1.24 bits per heavy atom. The number of ether oxygens (including phenoxy) is 2. The Labute approximate surface area is 132 Å². The molecule has 1 aromatic rings. The van der Waals surface area contributed by atoms with Crippen LogP contribution in [0.1, 0.15) is 39.3 Å². The van der Waals surface area contributed by atoms with E-state index in [0.717, 1.165) is 12.1 Å². The lowest BCUT2D eigenvalue weighted by atomic mass is 10.0. The molecule has 1 aliphatic heterocycles. The van der Waals surface area contributed by atoms with E-state index in [1.54, 1.807) is 0 Å². The summed E-state index contributed by atoms with van der Waals surface area (Å²) in [6.07, 6.45) is 0. The molecular formula is C16H25ClN2O2. The number of hydrogen-bond acceptors (Lipinski definition) is 4. The second-order valence-corrected chi connectivity index (χ2v) is 6.58. The summed E-state index contributed by atoms with van der Waals surface area (Å²) in [6.45, 7) is 10.6. The molecule has 1 atom stereocenters. The Morgan fingerprint density at radius 3 is 2.52 bits per heavy atom. The van der Waals surface area contributed by atoms with Gasteiger partial charge in [-0.1, -0.05) is 25.4 Å². The third-order valence-electron chi connectivity index (χ3n) is 3.70. The molecule has 0 amide bonds. The number of hydrogen-bond donors (Lipinski definition) is 1. The highest BCUT2D eigenvalue weighted by molar-refractivity contribution is 6.32. The monoisotopic (exact) mass is 312 g/mol. The van der Waals surface area contributed by atoms with Crippen molar-refractivity contribution in [1.82, 2.24) is 4.90 Å². The van der Waals surface area contributed by atoms with E-state index < -0.39 is 0 Å². The Hall–Kier alpha value is -0.970. The van der Waals surface area contributed by atoms with Crippen LogP contribution < -0.4 is 15.2 Å². The molecular weight excluding hydrogens is 288 g/mol.